The fourth-order valence-electron chi connectivity index (χ4n) is 2.71. The summed E-state index contributed by atoms with van der Waals surface area (Å²) in [5.41, 5.74) is 0.649. The van der Waals surface area contributed by atoms with Gasteiger partial charge >= 0.3 is 0 Å². The molecule has 7 nitrogen and oxygen atoms in total. The predicted molar refractivity (Wildman–Crippen MR) is 83.4 cm³/mol. The number of nitrogens with one attached hydrogen (secondary N) is 1. The summed E-state index contributed by atoms with van der Waals surface area (Å²) in [6, 6.07) is 2.10. The van der Waals surface area contributed by atoms with Crippen LogP contribution in [0.5, 0.6) is 0 Å². The highest BCUT2D eigenvalue weighted by Crippen LogP contribution is 2.38. The van der Waals surface area contributed by atoms with Gasteiger partial charge in [0, 0.05) is 9.99 Å². The van der Waals surface area contributed by atoms with Crippen LogP contribution < -0.4 is 5.32 Å². The fourth-order valence-corrected chi connectivity index (χ4v) is 5.85. The summed E-state index contributed by atoms with van der Waals surface area (Å²) in [7, 11) is -4.09. The molecular weight excluding hydrogens is 423 g/mol. The minimum atomic E-state index is -4.09. The van der Waals surface area contributed by atoms with Gasteiger partial charge in [-0.15, -0.1) is 0 Å². The molecule has 1 aromatic carbocycles. The zero-order chi connectivity index (χ0) is 16.2. The number of amides is 3. The van der Waals surface area contributed by atoms with Gasteiger partial charge in [-0.05, 0) is 47.6 Å². The summed E-state index contributed by atoms with van der Waals surface area (Å²) >= 11 is 1.85. The number of hydrogen-bond acceptors (Lipinski definition) is 5. The first-order valence-corrected chi connectivity index (χ1v) is 8.98. The zero-order valence-corrected chi connectivity index (χ0v) is 14.4. The quantitative estimate of drug-likeness (QED) is 0.514. The van der Waals surface area contributed by atoms with E-state index in [4.69, 9.17) is 0 Å². The third kappa shape index (κ3) is 2.06. The molecule has 1 aromatic rings. The van der Waals surface area contributed by atoms with Crippen LogP contribution in [0.1, 0.15) is 28.8 Å². The second kappa shape index (κ2) is 5.01. The average Bonchev–Trinajstić information content (AvgIpc) is 2.63. The molecule has 3 amide bonds. The van der Waals surface area contributed by atoms with Crippen molar-refractivity contribution in [2.24, 2.45) is 0 Å². The molecule has 1 fully saturated rings. The molecule has 0 radical (unpaired) electrons. The van der Waals surface area contributed by atoms with Crippen LogP contribution in [0.3, 0.4) is 0 Å². The molecule has 2 heterocycles. The molecule has 0 saturated carbocycles. The number of fused-ring (bicyclic) bond motifs is 1. The van der Waals surface area contributed by atoms with Gasteiger partial charge in [-0.2, -0.15) is 0 Å². The number of aryl methyl sites for hydroxylation is 1. The number of carbonyl (C=O) groups excluding carboxylic acids is 3. The van der Waals surface area contributed by atoms with Gasteiger partial charge in [-0.3, -0.25) is 19.7 Å². The van der Waals surface area contributed by atoms with E-state index in [0.717, 1.165) is 0 Å². The molecule has 0 aliphatic carbocycles. The van der Waals surface area contributed by atoms with Gasteiger partial charge in [-0.25, -0.2) is 12.7 Å². The third-order valence-corrected chi connectivity index (χ3v) is 6.89. The van der Waals surface area contributed by atoms with Crippen LogP contribution in [-0.2, 0) is 19.6 Å². The molecule has 1 N–H and O–H groups in total. The van der Waals surface area contributed by atoms with Crippen molar-refractivity contribution in [2.75, 3.05) is 0 Å². The maximum absolute atomic E-state index is 12.7. The van der Waals surface area contributed by atoms with Crippen molar-refractivity contribution in [3.63, 3.8) is 0 Å². The van der Waals surface area contributed by atoms with Gasteiger partial charge in [0.2, 0.25) is 5.91 Å². The van der Waals surface area contributed by atoms with Gasteiger partial charge in [0.1, 0.15) is 10.9 Å². The number of piperidine rings is 1. The summed E-state index contributed by atoms with van der Waals surface area (Å²) < 4.78 is 26.5. The van der Waals surface area contributed by atoms with Crippen molar-refractivity contribution in [2.45, 2.75) is 30.7 Å². The first-order valence-electron chi connectivity index (χ1n) is 6.46. The van der Waals surface area contributed by atoms with Gasteiger partial charge in [-0.1, -0.05) is 6.07 Å². The van der Waals surface area contributed by atoms with Gasteiger partial charge in [0.05, 0.1) is 5.56 Å². The van der Waals surface area contributed by atoms with E-state index in [9.17, 15) is 22.8 Å². The second-order valence-electron chi connectivity index (χ2n) is 5.14. The monoisotopic (exact) mass is 434 g/mol. The van der Waals surface area contributed by atoms with E-state index in [1.54, 1.807) is 19.1 Å². The molecule has 2 aliphatic heterocycles. The Morgan fingerprint density at radius 1 is 1.27 bits per heavy atom. The number of sulfonamides is 1. The number of rotatable bonds is 1. The van der Waals surface area contributed by atoms with Crippen molar-refractivity contribution < 1.29 is 22.8 Å². The minimum Gasteiger partial charge on any atom is -0.295 e. The SMILES string of the molecule is Cc1ccc(I)c2c1C(=O)N(C1CCC(=O)NC1=O)S2(=O)=O. The van der Waals surface area contributed by atoms with Crippen LogP contribution >= 0.6 is 22.6 Å². The topological polar surface area (TPSA) is 101 Å². The van der Waals surface area contributed by atoms with E-state index in [-0.39, 0.29) is 23.3 Å². The van der Waals surface area contributed by atoms with Crippen LogP contribution in [0.2, 0.25) is 0 Å². The molecule has 22 heavy (non-hydrogen) atoms. The number of benzene rings is 1. The lowest BCUT2D eigenvalue weighted by Gasteiger charge is -2.28. The van der Waals surface area contributed by atoms with Crippen LogP contribution in [0.25, 0.3) is 0 Å². The van der Waals surface area contributed by atoms with Crippen molar-refractivity contribution in [1.29, 1.82) is 0 Å². The summed E-state index contributed by atoms with van der Waals surface area (Å²) in [4.78, 5) is 35.7. The van der Waals surface area contributed by atoms with Crippen LogP contribution in [0, 0.1) is 10.5 Å². The number of nitrogens with zero attached hydrogens (tertiary/aromatic N) is 1. The zero-order valence-electron chi connectivity index (χ0n) is 11.4. The molecule has 116 valence electrons. The first-order chi connectivity index (χ1) is 10.2. The standard InChI is InChI=1S/C13H11IN2O5S/c1-6-2-3-7(14)11-10(6)13(19)16(22(11,20)21)8-4-5-9(17)15-12(8)18/h2-3,8H,4-5H2,1H3,(H,15,17,18). The predicted octanol–water partition coefficient (Wildman–Crippen LogP) is 0.549. The average molecular weight is 434 g/mol. The second-order valence-corrected chi connectivity index (χ2v) is 8.06. The van der Waals surface area contributed by atoms with Crippen molar-refractivity contribution in [3.05, 3.63) is 26.8 Å². The molecule has 3 rings (SSSR count). The summed E-state index contributed by atoms with van der Waals surface area (Å²) in [5, 5.41) is 2.08. The molecule has 1 unspecified atom stereocenters. The van der Waals surface area contributed by atoms with Gasteiger partial charge in [0.25, 0.3) is 21.8 Å². The lowest BCUT2D eigenvalue weighted by atomic mass is 10.0. The van der Waals surface area contributed by atoms with Gasteiger partial charge in [0.15, 0.2) is 0 Å². The highest BCUT2D eigenvalue weighted by Gasteiger charge is 2.50. The number of hydrogen-bond donors (Lipinski definition) is 1. The van der Waals surface area contributed by atoms with Crippen molar-refractivity contribution in [3.8, 4) is 0 Å². The van der Waals surface area contributed by atoms with Gasteiger partial charge < -0.3 is 0 Å². The smallest absolute Gasteiger partial charge is 0.270 e. The van der Waals surface area contributed by atoms with Crippen molar-refractivity contribution >= 4 is 50.3 Å². The van der Waals surface area contributed by atoms with Crippen LogP contribution in [0.15, 0.2) is 17.0 Å². The van der Waals surface area contributed by atoms with Crippen molar-refractivity contribution in [1.82, 2.24) is 9.62 Å². The molecular formula is C13H11IN2O5S. The first kappa shape index (κ1) is 15.4. The summed E-state index contributed by atoms with van der Waals surface area (Å²) in [6.45, 7) is 1.65. The molecule has 1 saturated heterocycles. The van der Waals surface area contributed by atoms with Crippen LogP contribution in [-0.4, -0.2) is 36.5 Å². The Balaban J connectivity index is 2.15. The summed E-state index contributed by atoms with van der Waals surface area (Å²) in [6.07, 6.45) is 0.00137. The Labute approximate surface area is 140 Å². The lowest BCUT2D eigenvalue weighted by Crippen LogP contribution is -2.54. The van der Waals surface area contributed by atoms with E-state index in [2.05, 4.69) is 5.32 Å². The lowest BCUT2D eigenvalue weighted by molar-refractivity contribution is -0.135. The summed E-state index contributed by atoms with van der Waals surface area (Å²) in [5.74, 6) is -1.93. The normalized spacial score (nSPS) is 23.5. The van der Waals surface area contributed by atoms with E-state index in [1.807, 2.05) is 22.6 Å². The molecule has 0 spiro atoms. The fraction of sp³-hybridized carbons (Fsp3) is 0.308. The third-order valence-electron chi connectivity index (χ3n) is 3.74. The van der Waals surface area contributed by atoms with E-state index < -0.39 is 33.8 Å². The Bertz CT molecular complexity index is 833. The Morgan fingerprint density at radius 2 is 1.95 bits per heavy atom. The highest BCUT2D eigenvalue weighted by atomic mass is 127. The maximum atomic E-state index is 12.7. The highest BCUT2D eigenvalue weighted by molar-refractivity contribution is 14.1. The Kier molecular flexibility index (Phi) is 3.51. The molecule has 9 heteroatoms. The van der Waals surface area contributed by atoms with Crippen LogP contribution in [0.4, 0.5) is 0 Å². The Morgan fingerprint density at radius 3 is 2.55 bits per heavy atom. The number of carbonyl (C=O) groups is 3. The Hall–Kier alpha value is -1.49. The van der Waals surface area contributed by atoms with E-state index in [0.29, 0.717) is 13.4 Å². The molecule has 1 atom stereocenters. The van der Waals surface area contributed by atoms with E-state index in [1.165, 1.54) is 0 Å². The largest absolute Gasteiger partial charge is 0.295 e. The van der Waals surface area contributed by atoms with E-state index >= 15 is 0 Å². The molecule has 2 aliphatic rings. The minimum absolute atomic E-state index is 0.000742. The molecule has 0 bridgehead atoms. The molecule has 0 aromatic heterocycles. The number of imide groups is 1. The number of halogens is 1. The maximum Gasteiger partial charge on any atom is 0.270 e.